The van der Waals surface area contributed by atoms with E-state index in [4.69, 9.17) is 4.98 Å². The van der Waals surface area contributed by atoms with Crippen LogP contribution in [0.2, 0.25) is 0 Å². The molecule has 36 heavy (non-hydrogen) atoms. The van der Waals surface area contributed by atoms with Crippen LogP contribution in [0, 0.1) is 0 Å². The summed E-state index contributed by atoms with van der Waals surface area (Å²) >= 11 is 0. The highest BCUT2D eigenvalue weighted by Gasteiger charge is 2.49. The Bertz CT molecular complexity index is 1550. The predicted octanol–water partition coefficient (Wildman–Crippen LogP) is 5.98. The number of benzene rings is 3. The molecule has 0 N–H and O–H groups in total. The summed E-state index contributed by atoms with van der Waals surface area (Å²) in [5.74, 6) is 0. The zero-order valence-corrected chi connectivity index (χ0v) is 22.2. The topological polar surface area (TPSA) is 16.1 Å². The van der Waals surface area contributed by atoms with Gasteiger partial charge in [0.2, 0.25) is 6.71 Å². The Morgan fingerprint density at radius 2 is 1.36 bits per heavy atom. The van der Waals surface area contributed by atoms with E-state index in [1.807, 2.05) is 6.20 Å². The molecule has 1 aliphatic carbocycles. The van der Waals surface area contributed by atoms with Crippen LogP contribution in [0.5, 0.6) is 0 Å². The van der Waals surface area contributed by atoms with Crippen molar-refractivity contribution in [3.05, 3.63) is 101 Å². The highest BCUT2D eigenvalue weighted by atomic mass is 15.2. The maximum atomic E-state index is 5.06. The molecule has 7 rings (SSSR count). The zero-order valence-electron chi connectivity index (χ0n) is 22.2. The molecule has 0 fully saturated rings. The molecule has 2 nitrogen and oxygen atoms in total. The van der Waals surface area contributed by atoms with Crippen molar-refractivity contribution < 1.29 is 0 Å². The van der Waals surface area contributed by atoms with Crippen LogP contribution in [-0.2, 0) is 16.2 Å². The summed E-state index contributed by atoms with van der Waals surface area (Å²) in [6, 6.07) is 27.3. The molecule has 0 saturated heterocycles. The molecule has 2 aliphatic heterocycles. The molecule has 3 aliphatic rings. The average Bonchev–Trinajstić information content (AvgIpc) is 3.03. The maximum Gasteiger partial charge on any atom is 0.249 e. The minimum atomic E-state index is -0.156. The monoisotopic (exact) mass is 468 g/mol. The lowest BCUT2D eigenvalue weighted by Crippen LogP contribution is -2.64. The Hall–Kier alpha value is -3.33. The van der Waals surface area contributed by atoms with E-state index in [0.717, 1.165) is 6.42 Å². The number of aromatic nitrogens is 1. The first kappa shape index (κ1) is 21.9. The van der Waals surface area contributed by atoms with Gasteiger partial charge in [-0.05, 0) is 69.1 Å². The van der Waals surface area contributed by atoms with Crippen molar-refractivity contribution in [3.8, 4) is 0 Å². The lowest BCUT2D eigenvalue weighted by Gasteiger charge is -2.45. The summed E-state index contributed by atoms with van der Waals surface area (Å²) in [6.45, 7) is 14.5. The maximum absolute atomic E-state index is 5.06. The smallest absolute Gasteiger partial charge is 0.249 e. The number of pyridine rings is 1. The number of hydrogen-bond donors (Lipinski definition) is 0. The molecule has 1 aromatic heterocycles. The fourth-order valence-corrected chi connectivity index (χ4v) is 7.79. The fraction of sp³-hybridized carbons (Fsp3) is 0.303. The molecule has 0 amide bonds. The summed E-state index contributed by atoms with van der Waals surface area (Å²) in [5.41, 5.74) is 13.7. The van der Waals surface area contributed by atoms with Gasteiger partial charge >= 0.3 is 0 Å². The van der Waals surface area contributed by atoms with Gasteiger partial charge in [0.05, 0.1) is 0 Å². The highest BCUT2D eigenvalue weighted by Crippen LogP contribution is 2.51. The largest absolute Gasteiger partial charge is 0.311 e. The minimum Gasteiger partial charge on any atom is -0.311 e. The van der Waals surface area contributed by atoms with E-state index in [-0.39, 0.29) is 23.0 Å². The number of hydrogen-bond acceptors (Lipinski definition) is 2. The zero-order chi connectivity index (χ0) is 25.0. The van der Waals surface area contributed by atoms with E-state index >= 15 is 0 Å². The Morgan fingerprint density at radius 1 is 0.694 bits per heavy atom. The van der Waals surface area contributed by atoms with Crippen molar-refractivity contribution in [1.29, 1.82) is 0 Å². The standard InChI is InChI=1S/C33H33BN2/c1-31(2)20-32(3,4)24-19-28-26(18-23(24)31)34-25-15-11-10-14-22(25)33(5,6)30-29(34)27(16-17-35-30)36(28)21-12-8-7-9-13-21/h7-19H,20H2,1-6H3. The summed E-state index contributed by atoms with van der Waals surface area (Å²) in [4.78, 5) is 7.56. The van der Waals surface area contributed by atoms with Gasteiger partial charge in [-0.3, -0.25) is 4.98 Å². The van der Waals surface area contributed by atoms with Gasteiger partial charge in [0.15, 0.2) is 0 Å². The first-order valence-electron chi connectivity index (χ1n) is 13.2. The first-order valence-corrected chi connectivity index (χ1v) is 13.2. The first-order chi connectivity index (χ1) is 17.1. The van der Waals surface area contributed by atoms with Gasteiger partial charge in [0.25, 0.3) is 0 Å². The fourth-order valence-electron chi connectivity index (χ4n) is 7.79. The van der Waals surface area contributed by atoms with Crippen LogP contribution in [-0.4, -0.2) is 11.7 Å². The van der Waals surface area contributed by atoms with Gasteiger partial charge in [-0.25, -0.2) is 0 Å². The van der Waals surface area contributed by atoms with E-state index in [9.17, 15) is 0 Å². The van der Waals surface area contributed by atoms with Crippen LogP contribution in [0.15, 0.2) is 79.0 Å². The second-order valence-corrected chi connectivity index (χ2v) is 12.8. The van der Waals surface area contributed by atoms with Gasteiger partial charge in [-0.1, -0.05) is 95.5 Å². The second-order valence-electron chi connectivity index (χ2n) is 12.8. The molecule has 0 bridgehead atoms. The third-order valence-corrected chi connectivity index (χ3v) is 9.11. The molecular formula is C33H33BN2. The molecule has 0 unspecified atom stereocenters. The van der Waals surface area contributed by atoms with Gasteiger partial charge in [-0.2, -0.15) is 0 Å². The Labute approximate surface area is 215 Å². The van der Waals surface area contributed by atoms with Gasteiger partial charge in [0.1, 0.15) is 0 Å². The molecule has 0 radical (unpaired) electrons. The molecule has 4 aromatic rings. The second kappa shape index (κ2) is 6.91. The summed E-state index contributed by atoms with van der Waals surface area (Å²) in [7, 11) is 0. The average molecular weight is 468 g/mol. The lowest BCUT2D eigenvalue weighted by molar-refractivity contribution is 0.403. The Morgan fingerprint density at radius 3 is 2.11 bits per heavy atom. The molecule has 178 valence electrons. The van der Waals surface area contributed by atoms with E-state index in [1.165, 1.54) is 55.8 Å². The number of nitrogens with zero attached hydrogens (tertiary/aromatic N) is 2. The van der Waals surface area contributed by atoms with E-state index in [2.05, 4.69) is 119 Å². The van der Waals surface area contributed by atoms with Gasteiger partial charge < -0.3 is 4.90 Å². The molecular weight excluding hydrogens is 435 g/mol. The number of anilines is 3. The van der Waals surface area contributed by atoms with Gasteiger partial charge in [-0.15, -0.1) is 0 Å². The van der Waals surface area contributed by atoms with Crippen molar-refractivity contribution in [3.63, 3.8) is 0 Å². The number of para-hydroxylation sites is 1. The Balaban J connectivity index is 1.63. The van der Waals surface area contributed by atoms with Crippen molar-refractivity contribution in [1.82, 2.24) is 4.98 Å². The van der Waals surface area contributed by atoms with Crippen molar-refractivity contribution in [2.24, 2.45) is 0 Å². The van der Waals surface area contributed by atoms with Crippen LogP contribution in [0.25, 0.3) is 0 Å². The van der Waals surface area contributed by atoms with Crippen LogP contribution < -0.4 is 21.3 Å². The molecule has 0 spiro atoms. The minimum absolute atomic E-state index is 0.145. The number of rotatable bonds is 1. The third-order valence-electron chi connectivity index (χ3n) is 9.11. The molecule has 0 atom stereocenters. The van der Waals surface area contributed by atoms with Crippen molar-refractivity contribution in [2.45, 2.75) is 64.2 Å². The third kappa shape index (κ3) is 2.72. The Kier molecular flexibility index (Phi) is 4.21. The van der Waals surface area contributed by atoms with Gasteiger partial charge in [0, 0.05) is 34.4 Å². The van der Waals surface area contributed by atoms with Crippen molar-refractivity contribution >= 4 is 40.2 Å². The summed E-state index contributed by atoms with van der Waals surface area (Å²) in [5, 5.41) is 0. The normalized spacial score (nSPS) is 19.3. The quantitative estimate of drug-likeness (QED) is 0.282. The van der Waals surface area contributed by atoms with E-state index in [0.29, 0.717) is 0 Å². The predicted molar refractivity (Wildman–Crippen MR) is 153 cm³/mol. The van der Waals surface area contributed by atoms with Crippen LogP contribution in [0.4, 0.5) is 17.1 Å². The molecule has 3 heteroatoms. The van der Waals surface area contributed by atoms with Crippen LogP contribution in [0.3, 0.4) is 0 Å². The molecule has 3 aromatic carbocycles. The van der Waals surface area contributed by atoms with Crippen LogP contribution in [0.1, 0.15) is 70.3 Å². The van der Waals surface area contributed by atoms with E-state index in [1.54, 1.807) is 0 Å². The van der Waals surface area contributed by atoms with Crippen LogP contribution >= 0.6 is 0 Å². The molecule has 0 saturated carbocycles. The summed E-state index contributed by atoms with van der Waals surface area (Å²) < 4.78 is 0. The number of fused-ring (bicyclic) bond motifs is 5. The van der Waals surface area contributed by atoms with Crippen molar-refractivity contribution in [2.75, 3.05) is 4.90 Å². The van der Waals surface area contributed by atoms with E-state index < -0.39 is 0 Å². The summed E-state index contributed by atoms with van der Waals surface area (Å²) in [6.07, 6.45) is 3.18. The molecule has 3 heterocycles. The highest BCUT2D eigenvalue weighted by molar-refractivity contribution is 6.99. The SMILES string of the molecule is CC1(C)CC(C)(C)c2cc3c(cc21)B1c2ccccc2C(C)(C)c2nccc(c21)N3c1ccccc1. The lowest BCUT2D eigenvalue weighted by atomic mass is 9.30.